The summed E-state index contributed by atoms with van der Waals surface area (Å²) in [5.41, 5.74) is 2.76. The largest absolute Gasteiger partial charge is 0.256 e. The van der Waals surface area contributed by atoms with Crippen molar-refractivity contribution in [1.82, 2.24) is 4.98 Å². The minimum absolute atomic E-state index is 0.326. The van der Waals surface area contributed by atoms with E-state index in [1.54, 1.807) is 0 Å². The van der Waals surface area contributed by atoms with Gasteiger partial charge in [-0.25, -0.2) is 4.39 Å². The fourth-order valence-corrected chi connectivity index (χ4v) is 1.80. The number of benzene rings is 1. The van der Waals surface area contributed by atoms with Crippen LogP contribution >= 0.6 is 11.6 Å². The normalized spacial score (nSPS) is 10.5. The van der Waals surface area contributed by atoms with Gasteiger partial charge in [-0.1, -0.05) is 42.8 Å². The van der Waals surface area contributed by atoms with Crippen molar-refractivity contribution < 1.29 is 4.39 Å². The van der Waals surface area contributed by atoms with Crippen molar-refractivity contribution in [2.45, 2.75) is 19.8 Å². The van der Waals surface area contributed by atoms with Gasteiger partial charge in [0.05, 0.1) is 10.7 Å². The van der Waals surface area contributed by atoms with E-state index in [2.05, 4.69) is 24.0 Å². The lowest BCUT2D eigenvalue weighted by Gasteiger charge is -2.04. The Labute approximate surface area is 105 Å². The van der Waals surface area contributed by atoms with Crippen LogP contribution < -0.4 is 0 Å². The van der Waals surface area contributed by atoms with Gasteiger partial charge in [0.2, 0.25) is 0 Å². The van der Waals surface area contributed by atoms with E-state index in [0.29, 0.717) is 17.1 Å². The Morgan fingerprint density at radius 3 is 2.41 bits per heavy atom. The minimum atomic E-state index is -0.350. The zero-order valence-corrected chi connectivity index (χ0v) is 10.3. The highest BCUT2D eigenvalue weighted by Gasteiger charge is 2.05. The molecule has 0 N–H and O–H groups in total. The molecule has 88 valence electrons. The van der Waals surface area contributed by atoms with E-state index < -0.39 is 0 Å². The summed E-state index contributed by atoms with van der Waals surface area (Å²) in [6.07, 6.45) is 2.97. The zero-order valence-electron chi connectivity index (χ0n) is 9.58. The summed E-state index contributed by atoms with van der Waals surface area (Å²) in [7, 11) is 0. The molecule has 0 bridgehead atoms. The Balaban J connectivity index is 2.19. The SMILES string of the molecule is CCc1ccc(Cc2ncc(Cl)cc2F)cc1. The van der Waals surface area contributed by atoms with Gasteiger partial charge in [0.15, 0.2) is 0 Å². The Morgan fingerprint density at radius 1 is 1.18 bits per heavy atom. The predicted octanol–water partition coefficient (Wildman–Crippen LogP) is 4.03. The number of aryl methyl sites for hydroxylation is 1. The van der Waals surface area contributed by atoms with Crippen LogP contribution in [0.15, 0.2) is 36.5 Å². The summed E-state index contributed by atoms with van der Waals surface area (Å²) in [4.78, 5) is 4.01. The molecule has 0 atom stereocenters. The number of aromatic nitrogens is 1. The van der Waals surface area contributed by atoms with Crippen LogP contribution in [-0.4, -0.2) is 4.98 Å². The molecule has 1 aromatic carbocycles. The van der Waals surface area contributed by atoms with Gasteiger partial charge in [-0.05, 0) is 23.6 Å². The third-order valence-corrected chi connectivity index (χ3v) is 2.89. The van der Waals surface area contributed by atoms with E-state index in [4.69, 9.17) is 11.6 Å². The molecule has 0 aliphatic carbocycles. The molecule has 17 heavy (non-hydrogen) atoms. The lowest BCUT2D eigenvalue weighted by atomic mass is 10.1. The third kappa shape index (κ3) is 3.04. The van der Waals surface area contributed by atoms with Crippen molar-refractivity contribution in [2.24, 2.45) is 0 Å². The molecule has 2 rings (SSSR count). The van der Waals surface area contributed by atoms with Crippen LogP contribution in [0.1, 0.15) is 23.7 Å². The third-order valence-electron chi connectivity index (χ3n) is 2.69. The number of nitrogens with zero attached hydrogens (tertiary/aromatic N) is 1. The lowest BCUT2D eigenvalue weighted by molar-refractivity contribution is 0.604. The highest BCUT2D eigenvalue weighted by Crippen LogP contribution is 2.15. The predicted molar refractivity (Wildman–Crippen MR) is 67.8 cm³/mol. The van der Waals surface area contributed by atoms with Gasteiger partial charge in [-0.3, -0.25) is 4.98 Å². The minimum Gasteiger partial charge on any atom is -0.256 e. The van der Waals surface area contributed by atoms with Gasteiger partial charge < -0.3 is 0 Å². The highest BCUT2D eigenvalue weighted by molar-refractivity contribution is 6.30. The van der Waals surface area contributed by atoms with Crippen LogP contribution in [0.5, 0.6) is 0 Å². The molecule has 0 fully saturated rings. The van der Waals surface area contributed by atoms with Crippen molar-refractivity contribution in [3.05, 3.63) is 64.2 Å². The fourth-order valence-electron chi connectivity index (χ4n) is 1.66. The summed E-state index contributed by atoms with van der Waals surface area (Å²) in [5, 5.41) is 0.326. The van der Waals surface area contributed by atoms with Crippen LogP contribution in [0.4, 0.5) is 4.39 Å². The standard InChI is InChI=1S/C14H13ClFN/c1-2-10-3-5-11(6-4-10)7-14-13(16)8-12(15)9-17-14/h3-6,8-9H,2,7H2,1H3. The molecule has 0 radical (unpaired) electrons. The molecule has 1 aromatic heterocycles. The molecule has 1 heterocycles. The number of pyridine rings is 1. The second-order valence-corrected chi connectivity index (χ2v) is 4.37. The summed E-state index contributed by atoms with van der Waals surface area (Å²) < 4.78 is 13.5. The van der Waals surface area contributed by atoms with Gasteiger partial charge in [0.25, 0.3) is 0 Å². The molecular weight excluding hydrogens is 237 g/mol. The summed E-state index contributed by atoms with van der Waals surface area (Å²) in [6, 6.07) is 9.43. The maximum Gasteiger partial charge on any atom is 0.146 e. The molecule has 0 amide bonds. The molecule has 1 nitrogen and oxygen atoms in total. The second-order valence-electron chi connectivity index (χ2n) is 3.93. The number of hydrogen-bond donors (Lipinski definition) is 0. The maximum atomic E-state index is 13.5. The summed E-state index contributed by atoms with van der Waals surface area (Å²) in [6.45, 7) is 2.11. The smallest absolute Gasteiger partial charge is 0.146 e. The van der Waals surface area contributed by atoms with Crippen molar-refractivity contribution in [3.63, 3.8) is 0 Å². The highest BCUT2D eigenvalue weighted by atomic mass is 35.5. The van der Waals surface area contributed by atoms with Crippen LogP contribution in [0.3, 0.4) is 0 Å². The van der Waals surface area contributed by atoms with Crippen molar-refractivity contribution >= 4 is 11.6 Å². The van der Waals surface area contributed by atoms with Crippen LogP contribution in [0, 0.1) is 5.82 Å². The van der Waals surface area contributed by atoms with E-state index >= 15 is 0 Å². The quantitative estimate of drug-likeness (QED) is 0.800. The van der Waals surface area contributed by atoms with Crippen LogP contribution in [-0.2, 0) is 12.8 Å². The first kappa shape index (κ1) is 12.1. The molecule has 0 spiro atoms. The molecule has 0 aliphatic rings. The zero-order chi connectivity index (χ0) is 12.3. The van der Waals surface area contributed by atoms with Gasteiger partial charge >= 0.3 is 0 Å². The first-order valence-electron chi connectivity index (χ1n) is 5.56. The Hall–Kier alpha value is -1.41. The van der Waals surface area contributed by atoms with E-state index in [1.807, 2.05) is 12.1 Å². The first-order chi connectivity index (χ1) is 8.19. The Morgan fingerprint density at radius 2 is 1.82 bits per heavy atom. The van der Waals surface area contributed by atoms with Gasteiger partial charge in [-0.2, -0.15) is 0 Å². The Bertz CT molecular complexity index is 508. The van der Waals surface area contributed by atoms with E-state index in [0.717, 1.165) is 12.0 Å². The van der Waals surface area contributed by atoms with Gasteiger partial charge in [0.1, 0.15) is 5.82 Å². The summed E-state index contributed by atoms with van der Waals surface area (Å²) in [5.74, 6) is -0.350. The average Bonchev–Trinajstić information content (AvgIpc) is 2.34. The monoisotopic (exact) mass is 249 g/mol. The lowest BCUT2D eigenvalue weighted by Crippen LogP contribution is -1.96. The number of halogens is 2. The van der Waals surface area contributed by atoms with E-state index in [-0.39, 0.29) is 5.82 Å². The van der Waals surface area contributed by atoms with Crippen molar-refractivity contribution in [2.75, 3.05) is 0 Å². The summed E-state index contributed by atoms with van der Waals surface area (Å²) >= 11 is 5.66. The molecular formula is C14H13ClFN. The number of hydrogen-bond acceptors (Lipinski definition) is 1. The van der Waals surface area contributed by atoms with Crippen LogP contribution in [0.25, 0.3) is 0 Å². The fraction of sp³-hybridized carbons (Fsp3) is 0.214. The molecule has 0 saturated heterocycles. The average molecular weight is 250 g/mol. The molecule has 2 aromatic rings. The van der Waals surface area contributed by atoms with E-state index in [1.165, 1.54) is 17.8 Å². The van der Waals surface area contributed by atoms with Crippen LogP contribution in [0.2, 0.25) is 5.02 Å². The topological polar surface area (TPSA) is 12.9 Å². The van der Waals surface area contributed by atoms with Gasteiger partial charge in [-0.15, -0.1) is 0 Å². The molecule has 0 aliphatic heterocycles. The van der Waals surface area contributed by atoms with Crippen molar-refractivity contribution in [3.8, 4) is 0 Å². The number of rotatable bonds is 3. The van der Waals surface area contributed by atoms with Gasteiger partial charge in [0, 0.05) is 12.6 Å². The maximum absolute atomic E-state index is 13.5. The van der Waals surface area contributed by atoms with E-state index in [9.17, 15) is 4.39 Å². The first-order valence-corrected chi connectivity index (χ1v) is 5.94. The molecule has 0 unspecified atom stereocenters. The molecule has 3 heteroatoms. The Kier molecular flexibility index (Phi) is 3.75. The molecule has 0 saturated carbocycles. The second kappa shape index (κ2) is 5.28. The van der Waals surface area contributed by atoms with Crippen molar-refractivity contribution in [1.29, 1.82) is 0 Å².